The van der Waals surface area contributed by atoms with Crippen LogP contribution >= 0.6 is 0 Å². The van der Waals surface area contributed by atoms with Gasteiger partial charge < -0.3 is 15.2 Å². The Bertz CT molecular complexity index is 973. The molecule has 8 heteroatoms. The van der Waals surface area contributed by atoms with E-state index in [2.05, 4.69) is 10.1 Å². The van der Waals surface area contributed by atoms with E-state index in [9.17, 15) is 24.2 Å². The number of carboxylic acid groups (broad SMARTS) is 1. The summed E-state index contributed by atoms with van der Waals surface area (Å²) >= 11 is 0. The minimum atomic E-state index is -1.25. The first-order valence-corrected chi connectivity index (χ1v) is 6.69. The summed E-state index contributed by atoms with van der Waals surface area (Å²) in [6, 6.07) is 5.49. The predicted octanol–water partition coefficient (Wildman–Crippen LogP) is 1.46. The molecule has 0 atom stereocenters. The molecule has 2 aromatic heterocycles. The van der Waals surface area contributed by atoms with Crippen molar-refractivity contribution < 1.29 is 19.4 Å². The largest absolute Gasteiger partial charge is 0.493 e. The average Bonchev–Trinajstić information content (AvgIpc) is 2.82. The molecule has 0 aliphatic heterocycles. The molecule has 3 aromatic rings. The van der Waals surface area contributed by atoms with Crippen molar-refractivity contribution in [2.45, 2.75) is 13.3 Å². The van der Waals surface area contributed by atoms with E-state index in [1.807, 2.05) is 0 Å². The van der Waals surface area contributed by atoms with Crippen molar-refractivity contribution in [3.05, 3.63) is 62.8 Å². The molecule has 0 radical (unpaired) electrons. The van der Waals surface area contributed by atoms with Crippen LogP contribution in [0.25, 0.3) is 5.65 Å². The zero-order valence-corrected chi connectivity index (χ0v) is 12.0. The van der Waals surface area contributed by atoms with E-state index in [1.165, 1.54) is 31.2 Å². The molecule has 0 aliphatic rings. The highest BCUT2D eigenvalue weighted by Crippen LogP contribution is 2.21. The maximum absolute atomic E-state index is 12.9. The van der Waals surface area contributed by atoms with Crippen LogP contribution in [0.3, 0.4) is 0 Å². The number of fused-ring (bicyclic) bond motifs is 1. The zero-order valence-electron chi connectivity index (χ0n) is 12.0. The number of aromatic nitrogens is 3. The van der Waals surface area contributed by atoms with E-state index in [1.54, 1.807) is 0 Å². The van der Waals surface area contributed by atoms with Crippen LogP contribution in [0, 0.1) is 12.7 Å². The highest BCUT2D eigenvalue weighted by atomic mass is 19.1. The number of aryl methyl sites for hydroxylation is 1. The number of rotatable bonds is 3. The highest BCUT2D eigenvalue weighted by Gasteiger charge is 2.22. The number of hydrogen-bond acceptors (Lipinski definition) is 4. The first kappa shape index (κ1) is 14.8. The summed E-state index contributed by atoms with van der Waals surface area (Å²) in [7, 11) is 0. The molecule has 1 aromatic carbocycles. The topological polar surface area (TPSA) is 108 Å². The van der Waals surface area contributed by atoms with Crippen molar-refractivity contribution in [1.29, 1.82) is 0 Å². The third-order valence-electron chi connectivity index (χ3n) is 3.54. The number of halogens is 1. The summed E-state index contributed by atoms with van der Waals surface area (Å²) in [6.45, 7) is 1.47. The van der Waals surface area contributed by atoms with Crippen LogP contribution in [0.2, 0.25) is 0 Å². The van der Waals surface area contributed by atoms with Gasteiger partial charge in [-0.2, -0.15) is 9.61 Å². The fourth-order valence-electron chi connectivity index (χ4n) is 2.43. The number of benzene rings is 1. The van der Waals surface area contributed by atoms with Crippen LogP contribution in [0.1, 0.15) is 27.2 Å². The molecule has 23 heavy (non-hydrogen) atoms. The summed E-state index contributed by atoms with van der Waals surface area (Å²) < 4.78 is 13.9. The summed E-state index contributed by atoms with van der Waals surface area (Å²) in [5.74, 6) is -2.10. The van der Waals surface area contributed by atoms with E-state index in [0.29, 0.717) is 5.56 Å². The Hall–Kier alpha value is -3.16. The normalized spacial score (nSPS) is 11.0. The lowest BCUT2D eigenvalue weighted by molar-refractivity contribution is 0.0698. The van der Waals surface area contributed by atoms with Crippen molar-refractivity contribution in [1.82, 2.24) is 14.6 Å². The molecule has 0 fully saturated rings. The van der Waals surface area contributed by atoms with Crippen LogP contribution < -0.4 is 5.56 Å². The number of nitrogens with one attached hydrogen (secondary N) is 1. The molecule has 3 N–H and O–H groups in total. The Balaban J connectivity index is 2.17. The molecular weight excluding hydrogens is 305 g/mol. The second kappa shape index (κ2) is 5.24. The summed E-state index contributed by atoms with van der Waals surface area (Å²) in [5.41, 5.74) is -0.0763. The second-order valence-corrected chi connectivity index (χ2v) is 5.09. The lowest BCUT2D eigenvalue weighted by Gasteiger charge is -2.06. The SMILES string of the molecule is Cc1nn2c(O)c(Cc3ccc(F)cc3)c(=O)[nH]c2c1C(=O)O. The molecule has 0 spiro atoms. The lowest BCUT2D eigenvalue weighted by atomic mass is 10.1. The van der Waals surface area contributed by atoms with Crippen molar-refractivity contribution in [2.24, 2.45) is 0 Å². The van der Waals surface area contributed by atoms with Gasteiger partial charge in [-0.1, -0.05) is 12.1 Å². The maximum Gasteiger partial charge on any atom is 0.341 e. The smallest absolute Gasteiger partial charge is 0.341 e. The van der Waals surface area contributed by atoms with Gasteiger partial charge in [-0.25, -0.2) is 9.18 Å². The van der Waals surface area contributed by atoms with Crippen molar-refractivity contribution in [2.75, 3.05) is 0 Å². The van der Waals surface area contributed by atoms with Gasteiger partial charge in [-0.15, -0.1) is 0 Å². The molecule has 0 saturated heterocycles. The van der Waals surface area contributed by atoms with Crippen LogP contribution in [0.5, 0.6) is 5.88 Å². The van der Waals surface area contributed by atoms with Crippen LogP contribution in [0.15, 0.2) is 29.1 Å². The van der Waals surface area contributed by atoms with E-state index < -0.39 is 23.2 Å². The first-order valence-electron chi connectivity index (χ1n) is 6.69. The van der Waals surface area contributed by atoms with Gasteiger partial charge >= 0.3 is 5.97 Å². The Morgan fingerprint density at radius 3 is 2.61 bits per heavy atom. The number of carboxylic acids is 1. The fraction of sp³-hybridized carbons (Fsp3) is 0.133. The summed E-state index contributed by atoms with van der Waals surface area (Å²) in [6.07, 6.45) is 0.0543. The van der Waals surface area contributed by atoms with Gasteiger partial charge in [0.25, 0.3) is 5.56 Å². The molecule has 0 aliphatic carbocycles. The Morgan fingerprint density at radius 1 is 1.35 bits per heavy atom. The standard InChI is InChI=1S/C15H12FN3O4/c1-7-11(15(22)23)12-17-13(20)10(14(21)19(12)18-7)6-8-2-4-9(16)5-3-8/h2-5,21H,6H2,1H3,(H,17,20)(H,22,23). The Morgan fingerprint density at radius 2 is 2.00 bits per heavy atom. The van der Waals surface area contributed by atoms with E-state index in [-0.39, 0.29) is 28.9 Å². The van der Waals surface area contributed by atoms with Crippen molar-refractivity contribution in [3.63, 3.8) is 0 Å². The summed E-state index contributed by atoms with van der Waals surface area (Å²) in [5, 5.41) is 23.4. The minimum absolute atomic E-state index is 0.0172. The number of nitrogens with zero attached hydrogens (tertiary/aromatic N) is 2. The molecule has 2 heterocycles. The van der Waals surface area contributed by atoms with Crippen molar-refractivity contribution in [3.8, 4) is 5.88 Å². The highest BCUT2D eigenvalue weighted by molar-refractivity contribution is 5.95. The van der Waals surface area contributed by atoms with Gasteiger partial charge in [0.2, 0.25) is 5.88 Å². The lowest BCUT2D eigenvalue weighted by Crippen LogP contribution is -2.17. The summed E-state index contributed by atoms with van der Waals surface area (Å²) in [4.78, 5) is 25.9. The fourth-order valence-corrected chi connectivity index (χ4v) is 2.43. The van der Waals surface area contributed by atoms with Gasteiger partial charge in [0.1, 0.15) is 11.4 Å². The molecule has 0 saturated carbocycles. The van der Waals surface area contributed by atoms with E-state index >= 15 is 0 Å². The zero-order chi connectivity index (χ0) is 16.7. The van der Waals surface area contributed by atoms with Gasteiger partial charge in [0, 0.05) is 6.42 Å². The number of aromatic carboxylic acids is 1. The minimum Gasteiger partial charge on any atom is -0.493 e. The average molecular weight is 317 g/mol. The third-order valence-corrected chi connectivity index (χ3v) is 3.54. The van der Waals surface area contributed by atoms with Crippen LogP contribution in [-0.4, -0.2) is 30.8 Å². The molecule has 3 rings (SSSR count). The third kappa shape index (κ3) is 2.44. The quantitative estimate of drug-likeness (QED) is 0.678. The van der Waals surface area contributed by atoms with Gasteiger partial charge in [-0.3, -0.25) is 4.79 Å². The molecule has 0 bridgehead atoms. The molecule has 0 unspecified atom stereocenters. The Kier molecular flexibility index (Phi) is 3.36. The number of carbonyl (C=O) groups is 1. The molecule has 118 valence electrons. The van der Waals surface area contributed by atoms with E-state index in [4.69, 9.17) is 0 Å². The van der Waals surface area contributed by atoms with Crippen molar-refractivity contribution >= 4 is 11.6 Å². The van der Waals surface area contributed by atoms with Crippen LogP contribution in [0.4, 0.5) is 4.39 Å². The van der Waals surface area contributed by atoms with Gasteiger partial charge in [0.05, 0.1) is 11.3 Å². The molecule has 0 amide bonds. The number of aromatic amines is 1. The van der Waals surface area contributed by atoms with Gasteiger partial charge in [-0.05, 0) is 24.6 Å². The molecule has 7 nitrogen and oxygen atoms in total. The second-order valence-electron chi connectivity index (χ2n) is 5.09. The maximum atomic E-state index is 12.9. The predicted molar refractivity (Wildman–Crippen MR) is 78.4 cm³/mol. The van der Waals surface area contributed by atoms with E-state index in [0.717, 1.165) is 4.52 Å². The van der Waals surface area contributed by atoms with Gasteiger partial charge in [0.15, 0.2) is 5.65 Å². The first-order chi connectivity index (χ1) is 10.9. The molecular formula is C15H12FN3O4. The number of hydrogen-bond donors (Lipinski definition) is 3. The number of H-pyrrole nitrogens is 1. The number of aromatic hydroxyl groups is 1. The van der Waals surface area contributed by atoms with Crippen LogP contribution in [-0.2, 0) is 6.42 Å². The Labute approximate surface area is 128 Å². The monoisotopic (exact) mass is 317 g/mol.